The van der Waals surface area contributed by atoms with Crippen molar-refractivity contribution in [1.29, 1.82) is 0 Å². The number of hydrogen-bond acceptors (Lipinski definition) is 4. The van der Waals surface area contributed by atoms with E-state index in [0.29, 0.717) is 0 Å². The minimum Gasteiger partial charge on any atom is -0.288 e. The van der Waals surface area contributed by atoms with Gasteiger partial charge in [0.15, 0.2) is 0 Å². The fourth-order valence-corrected chi connectivity index (χ4v) is 3.25. The molecule has 1 aromatic carbocycles. The molecule has 1 aromatic rings. The van der Waals surface area contributed by atoms with Gasteiger partial charge in [0, 0.05) is 11.1 Å². The van der Waals surface area contributed by atoms with Crippen molar-refractivity contribution >= 4 is 21.4 Å². The Bertz CT molecular complexity index is 613. The lowest BCUT2D eigenvalue weighted by Crippen LogP contribution is -2.10. The normalized spacial score (nSPS) is 21.1. The zero-order valence-electron chi connectivity index (χ0n) is 7.35. The Morgan fingerprint density at radius 2 is 1.20 bits per heavy atom. The summed E-state index contributed by atoms with van der Waals surface area (Å²) in [6.07, 6.45) is 0. The van der Waals surface area contributed by atoms with Crippen molar-refractivity contribution < 1.29 is 18.0 Å². The summed E-state index contributed by atoms with van der Waals surface area (Å²) in [4.78, 5) is 22.6. The fraction of sp³-hybridized carbons (Fsp3) is 0. The summed E-state index contributed by atoms with van der Waals surface area (Å²) in [6.45, 7) is 0. The van der Waals surface area contributed by atoms with Gasteiger partial charge in [0.1, 0.15) is 9.81 Å². The summed E-state index contributed by atoms with van der Waals surface area (Å²) in [5.41, 5.74) is 0.365. The van der Waals surface area contributed by atoms with E-state index in [1.54, 1.807) is 12.1 Å². The third-order valence-corrected chi connectivity index (χ3v) is 4.18. The van der Waals surface area contributed by atoms with Crippen LogP contribution in [-0.4, -0.2) is 20.0 Å². The van der Waals surface area contributed by atoms with Crippen molar-refractivity contribution in [1.82, 2.24) is 0 Å². The maximum Gasteiger partial charge on any atom is 0.217 e. The number of fused-ring (bicyclic) bond motifs is 1. The number of allylic oxidation sites excluding steroid dienone is 2. The number of rotatable bonds is 0. The van der Waals surface area contributed by atoms with Crippen LogP contribution in [0.2, 0.25) is 0 Å². The Kier molecular flexibility index (Phi) is 1.28. The molecule has 15 heavy (non-hydrogen) atoms. The molecule has 0 unspecified atom stereocenters. The molecule has 0 N–H and O–H groups in total. The first kappa shape index (κ1) is 8.55. The molecule has 0 saturated heterocycles. The first-order valence-corrected chi connectivity index (χ1v) is 5.71. The second kappa shape index (κ2) is 2.25. The standard InChI is InChI=1S/C10H4O4S/c11-7-5-3-1-2-4-6(5)8(12)10-9(7)15(10,13)14/h1-4H. The van der Waals surface area contributed by atoms with Gasteiger partial charge in [-0.1, -0.05) is 24.3 Å². The highest BCUT2D eigenvalue weighted by Crippen LogP contribution is 2.45. The average Bonchev–Trinajstić information content (AvgIpc) is 2.79. The molecular weight excluding hydrogens is 216 g/mol. The number of ketones is 2. The predicted octanol–water partition coefficient (Wildman–Crippen LogP) is 0.706. The SMILES string of the molecule is O=C1C2=C(C(=O)c3ccccc31)S2(=O)=O. The molecule has 1 aliphatic heterocycles. The van der Waals surface area contributed by atoms with E-state index >= 15 is 0 Å². The summed E-state index contributed by atoms with van der Waals surface area (Å²) in [7, 11) is -3.67. The van der Waals surface area contributed by atoms with Crippen LogP contribution in [0.5, 0.6) is 0 Å². The van der Waals surface area contributed by atoms with Crippen molar-refractivity contribution in [3.63, 3.8) is 0 Å². The van der Waals surface area contributed by atoms with E-state index in [1.807, 2.05) is 0 Å². The van der Waals surface area contributed by atoms with Crippen LogP contribution in [0, 0.1) is 0 Å². The number of Topliss-reactive ketones (excluding diaryl/α,β-unsaturated/α-hetero) is 2. The number of carbonyl (C=O) groups is 2. The lowest BCUT2D eigenvalue weighted by Gasteiger charge is -2.04. The smallest absolute Gasteiger partial charge is 0.217 e. The fourth-order valence-electron chi connectivity index (χ4n) is 1.77. The van der Waals surface area contributed by atoms with Crippen LogP contribution in [0.1, 0.15) is 20.7 Å². The van der Waals surface area contributed by atoms with Crippen LogP contribution >= 0.6 is 0 Å². The lowest BCUT2D eigenvalue weighted by molar-refractivity contribution is 0.0994. The van der Waals surface area contributed by atoms with Crippen molar-refractivity contribution in [2.45, 2.75) is 0 Å². The van der Waals surface area contributed by atoms with Crippen molar-refractivity contribution in [2.24, 2.45) is 0 Å². The Morgan fingerprint density at radius 3 is 1.60 bits per heavy atom. The molecular formula is C10H4O4S. The third kappa shape index (κ3) is 0.835. The van der Waals surface area contributed by atoms with Crippen molar-refractivity contribution in [3.05, 3.63) is 45.2 Å². The molecule has 5 heteroatoms. The Balaban J connectivity index is 2.35. The maximum atomic E-state index is 11.6. The van der Waals surface area contributed by atoms with Gasteiger partial charge in [-0.3, -0.25) is 9.59 Å². The van der Waals surface area contributed by atoms with Crippen LogP contribution in [0.25, 0.3) is 0 Å². The van der Waals surface area contributed by atoms with E-state index in [9.17, 15) is 18.0 Å². The van der Waals surface area contributed by atoms with Crippen molar-refractivity contribution in [3.8, 4) is 0 Å². The zero-order chi connectivity index (χ0) is 10.8. The van der Waals surface area contributed by atoms with Gasteiger partial charge in [0.05, 0.1) is 0 Å². The number of hydrogen-bond donors (Lipinski definition) is 0. The molecule has 4 nitrogen and oxygen atoms in total. The predicted molar refractivity (Wildman–Crippen MR) is 51.0 cm³/mol. The summed E-state index contributed by atoms with van der Waals surface area (Å²) in [5.74, 6) is -1.11. The van der Waals surface area contributed by atoms with Gasteiger partial charge < -0.3 is 0 Å². The van der Waals surface area contributed by atoms with Gasteiger partial charge in [-0.05, 0) is 0 Å². The molecule has 3 rings (SSSR count). The highest BCUT2D eigenvalue weighted by atomic mass is 32.2. The summed E-state index contributed by atoms with van der Waals surface area (Å²) in [6, 6.07) is 6.13. The quantitative estimate of drug-likeness (QED) is 0.645. The lowest BCUT2D eigenvalue weighted by atomic mass is 9.95. The van der Waals surface area contributed by atoms with Crippen LogP contribution in [0.15, 0.2) is 34.1 Å². The molecule has 1 aliphatic carbocycles. The minimum absolute atomic E-state index is 0.183. The minimum atomic E-state index is -3.67. The molecule has 0 fully saturated rings. The summed E-state index contributed by atoms with van der Waals surface area (Å²) in [5, 5.41) is 0. The number of sulfone groups is 1. The van der Waals surface area contributed by atoms with Gasteiger partial charge in [-0.2, -0.15) is 0 Å². The Morgan fingerprint density at radius 1 is 0.800 bits per heavy atom. The van der Waals surface area contributed by atoms with Gasteiger partial charge in [-0.15, -0.1) is 0 Å². The van der Waals surface area contributed by atoms with Gasteiger partial charge in [-0.25, -0.2) is 8.42 Å². The number of benzene rings is 1. The van der Waals surface area contributed by atoms with Crippen LogP contribution in [-0.2, 0) is 9.84 Å². The molecule has 0 aromatic heterocycles. The molecule has 0 radical (unpaired) electrons. The van der Waals surface area contributed by atoms with Gasteiger partial charge >= 0.3 is 0 Å². The summed E-state index contributed by atoms with van der Waals surface area (Å²) < 4.78 is 22.6. The molecule has 0 bridgehead atoms. The monoisotopic (exact) mass is 220 g/mol. The van der Waals surface area contributed by atoms with E-state index in [2.05, 4.69) is 0 Å². The van der Waals surface area contributed by atoms with E-state index in [-0.39, 0.29) is 20.9 Å². The first-order chi connectivity index (χ1) is 7.05. The van der Waals surface area contributed by atoms with Gasteiger partial charge in [0.2, 0.25) is 21.4 Å². The molecule has 0 spiro atoms. The highest BCUT2D eigenvalue weighted by Gasteiger charge is 2.56. The molecule has 74 valence electrons. The molecule has 0 atom stereocenters. The highest BCUT2D eigenvalue weighted by molar-refractivity contribution is 8.08. The second-order valence-corrected chi connectivity index (χ2v) is 5.19. The van der Waals surface area contributed by atoms with Crippen LogP contribution in [0.3, 0.4) is 0 Å². The second-order valence-electron chi connectivity index (χ2n) is 3.37. The average molecular weight is 220 g/mol. The molecule has 0 amide bonds. The Labute approximate surface area is 85.1 Å². The molecule has 0 saturated carbocycles. The van der Waals surface area contributed by atoms with E-state index in [1.165, 1.54) is 12.1 Å². The van der Waals surface area contributed by atoms with Crippen LogP contribution in [0.4, 0.5) is 0 Å². The van der Waals surface area contributed by atoms with Gasteiger partial charge in [0.25, 0.3) is 0 Å². The Hall–Kier alpha value is -1.75. The molecule has 1 heterocycles. The third-order valence-electron chi connectivity index (χ3n) is 2.53. The van der Waals surface area contributed by atoms with Crippen LogP contribution < -0.4 is 0 Å². The maximum absolute atomic E-state index is 11.6. The topological polar surface area (TPSA) is 68.3 Å². The molecule has 2 aliphatic rings. The zero-order valence-corrected chi connectivity index (χ0v) is 8.17. The van der Waals surface area contributed by atoms with Crippen molar-refractivity contribution in [2.75, 3.05) is 0 Å². The van der Waals surface area contributed by atoms with E-state index in [0.717, 1.165) is 0 Å². The van der Waals surface area contributed by atoms with E-state index in [4.69, 9.17) is 0 Å². The number of carbonyl (C=O) groups excluding carboxylic acids is 2. The largest absolute Gasteiger partial charge is 0.288 e. The van der Waals surface area contributed by atoms with E-state index < -0.39 is 21.4 Å². The summed E-state index contributed by atoms with van der Waals surface area (Å²) >= 11 is 0. The first-order valence-electron chi connectivity index (χ1n) is 4.23.